The van der Waals surface area contributed by atoms with E-state index in [4.69, 9.17) is 16.7 Å². The summed E-state index contributed by atoms with van der Waals surface area (Å²) in [6.07, 6.45) is -0.262. The molecule has 0 saturated heterocycles. The fourth-order valence-corrected chi connectivity index (χ4v) is 1.98. The molecule has 0 aliphatic carbocycles. The zero-order chi connectivity index (χ0) is 12.1. The van der Waals surface area contributed by atoms with E-state index in [1.54, 1.807) is 25.1 Å². The average Bonchev–Trinajstić information content (AvgIpc) is 2.19. The lowest BCUT2D eigenvalue weighted by molar-refractivity contribution is -0.120. The molecule has 0 bridgehead atoms. The molecule has 0 aliphatic rings. The minimum atomic E-state index is -0.530. The molecule has 0 fully saturated rings. The topological polar surface area (TPSA) is 49.3 Å². The highest BCUT2D eigenvalue weighted by Gasteiger charge is 2.07. The van der Waals surface area contributed by atoms with E-state index in [1.165, 1.54) is 0 Å². The first-order valence-electron chi connectivity index (χ1n) is 4.87. The van der Waals surface area contributed by atoms with Gasteiger partial charge < -0.3 is 10.4 Å². The van der Waals surface area contributed by atoms with Crippen molar-refractivity contribution < 1.29 is 9.90 Å². The smallest absolute Gasteiger partial charge is 0.224 e. The van der Waals surface area contributed by atoms with Gasteiger partial charge in [-0.15, -0.1) is 0 Å². The van der Waals surface area contributed by atoms with Gasteiger partial charge >= 0.3 is 0 Å². The third-order valence-electron chi connectivity index (χ3n) is 1.96. The maximum absolute atomic E-state index is 11.5. The third-order valence-corrected chi connectivity index (χ3v) is 2.93. The van der Waals surface area contributed by atoms with Crippen molar-refractivity contribution in [1.82, 2.24) is 5.32 Å². The van der Waals surface area contributed by atoms with Gasteiger partial charge in [0.1, 0.15) is 0 Å². The van der Waals surface area contributed by atoms with Crippen molar-refractivity contribution in [3.05, 3.63) is 33.3 Å². The van der Waals surface area contributed by atoms with E-state index in [1.807, 2.05) is 0 Å². The lowest BCUT2D eigenvalue weighted by atomic mass is 10.1. The number of carbonyl (C=O) groups excluding carboxylic acids is 1. The molecular weight excluding hydrogens is 293 g/mol. The Hall–Kier alpha value is -0.580. The molecule has 0 radical (unpaired) electrons. The number of benzene rings is 1. The van der Waals surface area contributed by atoms with E-state index >= 15 is 0 Å². The van der Waals surface area contributed by atoms with Crippen LogP contribution in [0.3, 0.4) is 0 Å². The van der Waals surface area contributed by atoms with Crippen molar-refractivity contribution in [3.63, 3.8) is 0 Å². The van der Waals surface area contributed by atoms with E-state index in [0.29, 0.717) is 5.02 Å². The standard InChI is InChI=1S/C11H13BrClNO2/c1-7(15)6-14-11(16)4-8-2-3-9(13)5-10(8)12/h2-3,5,7,15H,4,6H2,1H3,(H,14,16). The maximum atomic E-state index is 11.5. The van der Waals surface area contributed by atoms with Crippen molar-refractivity contribution in [2.24, 2.45) is 0 Å². The average molecular weight is 307 g/mol. The molecule has 0 aromatic heterocycles. The summed E-state index contributed by atoms with van der Waals surface area (Å²) in [5.74, 6) is -0.121. The Kier molecular flexibility index (Phi) is 5.25. The van der Waals surface area contributed by atoms with E-state index < -0.39 is 6.10 Å². The molecule has 16 heavy (non-hydrogen) atoms. The van der Waals surface area contributed by atoms with Gasteiger partial charge in [-0.05, 0) is 24.6 Å². The minimum Gasteiger partial charge on any atom is -0.392 e. The van der Waals surface area contributed by atoms with Crippen molar-refractivity contribution in [3.8, 4) is 0 Å². The number of carbonyl (C=O) groups is 1. The highest BCUT2D eigenvalue weighted by Crippen LogP contribution is 2.21. The van der Waals surface area contributed by atoms with Crippen LogP contribution in [0.2, 0.25) is 5.02 Å². The predicted molar refractivity (Wildman–Crippen MR) is 67.5 cm³/mol. The van der Waals surface area contributed by atoms with Crippen LogP contribution in [0.15, 0.2) is 22.7 Å². The Morgan fingerprint density at radius 1 is 1.62 bits per heavy atom. The Labute approximate surface area is 108 Å². The highest BCUT2D eigenvalue weighted by atomic mass is 79.9. The van der Waals surface area contributed by atoms with Gasteiger partial charge in [-0.1, -0.05) is 33.6 Å². The van der Waals surface area contributed by atoms with Gasteiger partial charge in [0.2, 0.25) is 5.91 Å². The van der Waals surface area contributed by atoms with Gasteiger partial charge in [0.25, 0.3) is 0 Å². The van der Waals surface area contributed by atoms with Crippen molar-refractivity contribution in [2.45, 2.75) is 19.4 Å². The van der Waals surface area contributed by atoms with Gasteiger partial charge in [-0.3, -0.25) is 4.79 Å². The van der Waals surface area contributed by atoms with Crippen LogP contribution in [-0.2, 0) is 11.2 Å². The van der Waals surface area contributed by atoms with Crippen LogP contribution in [0.5, 0.6) is 0 Å². The van der Waals surface area contributed by atoms with Crippen molar-refractivity contribution in [2.75, 3.05) is 6.54 Å². The number of halogens is 2. The molecule has 0 saturated carbocycles. The largest absolute Gasteiger partial charge is 0.392 e. The number of hydrogen-bond acceptors (Lipinski definition) is 2. The molecular formula is C11H13BrClNO2. The number of aliphatic hydroxyl groups is 1. The van der Waals surface area contributed by atoms with Crippen LogP contribution < -0.4 is 5.32 Å². The lowest BCUT2D eigenvalue weighted by Gasteiger charge is -2.08. The quantitative estimate of drug-likeness (QED) is 0.895. The molecule has 0 spiro atoms. The van der Waals surface area contributed by atoms with Crippen LogP contribution >= 0.6 is 27.5 Å². The second-order valence-corrected chi connectivity index (χ2v) is 4.86. The molecule has 2 N–H and O–H groups in total. The number of hydrogen-bond donors (Lipinski definition) is 2. The van der Waals surface area contributed by atoms with Crippen LogP contribution in [-0.4, -0.2) is 23.7 Å². The summed E-state index contributed by atoms with van der Waals surface area (Å²) >= 11 is 9.13. The molecule has 5 heteroatoms. The van der Waals surface area contributed by atoms with Gasteiger partial charge in [-0.2, -0.15) is 0 Å². The van der Waals surface area contributed by atoms with Crippen LogP contribution in [0.4, 0.5) is 0 Å². The number of amides is 1. The summed E-state index contributed by atoms with van der Waals surface area (Å²) in [5.41, 5.74) is 0.868. The van der Waals surface area contributed by atoms with Crippen LogP contribution in [0.1, 0.15) is 12.5 Å². The molecule has 0 heterocycles. The first-order chi connectivity index (χ1) is 7.49. The van der Waals surface area contributed by atoms with Gasteiger partial charge in [0.05, 0.1) is 12.5 Å². The maximum Gasteiger partial charge on any atom is 0.224 e. The fraction of sp³-hybridized carbons (Fsp3) is 0.364. The molecule has 1 unspecified atom stereocenters. The summed E-state index contributed by atoms with van der Waals surface area (Å²) in [5, 5.41) is 12.3. The van der Waals surface area contributed by atoms with Crippen molar-refractivity contribution in [1.29, 1.82) is 0 Å². The summed E-state index contributed by atoms with van der Waals surface area (Å²) in [7, 11) is 0. The normalized spacial score (nSPS) is 12.2. The predicted octanol–water partition coefficient (Wildman–Crippen LogP) is 2.14. The van der Waals surface area contributed by atoms with E-state index in [9.17, 15) is 4.79 Å². The first-order valence-corrected chi connectivity index (χ1v) is 6.05. The van der Waals surface area contributed by atoms with Crippen molar-refractivity contribution >= 4 is 33.4 Å². The summed E-state index contributed by atoms with van der Waals surface area (Å²) in [6, 6.07) is 5.29. The Morgan fingerprint density at radius 2 is 2.31 bits per heavy atom. The summed E-state index contributed by atoms with van der Waals surface area (Å²) in [4.78, 5) is 11.5. The molecule has 1 atom stereocenters. The lowest BCUT2D eigenvalue weighted by Crippen LogP contribution is -2.31. The Balaban J connectivity index is 2.56. The molecule has 3 nitrogen and oxygen atoms in total. The first kappa shape index (κ1) is 13.5. The van der Waals surface area contributed by atoms with Gasteiger partial charge in [0.15, 0.2) is 0 Å². The number of rotatable bonds is 4. The molecule has 0 aliphatic heterocycles. The zero-order valence-corrected chi connectivity index (χ0v) is 11.2. The minimum absolute atomic E-state index is 0.121. The van der Waals surface area contributed by atoms with Gasteiger partial charge in [-0.25, -0.2) is 0 Å². The molecule has 88 valence electrons. The Morgan fingerprint density at radius 3 is 2.88 bits per heavy atom. The Bertz CT molecular complexity index is 382. The monoisotopic (exact) mass is 305 g/mol. The molecule has 1 aromatic carbocycles. The van der Waals surface area contributed by atoms with Gasteiger partial charge in [0, 0.05) is 16.0 Å². The van der Waals surface area contributed by atoms with E-state index in [-0.39, 0.29) is 18.9 Å². The number of nitrogens with one attached hydrogen (secondary N) is 1. The highest BCUT2D eigenvalue weighted by molar-refractivity contribution is 9.10. The zero-order valence-electron chi connectivity index (χ0n) is 8.84. The van der Waals surface area contributed by atoms with E-state index in [0.717, 1.165) is 10.0 Å². The second kappa shape index (κ2) is 6.23. The molecule has 1 rings (SSSR count). The fourth-order valence-electron chi connectivity index (χ4n) is 1.16. The third kappa shape index (κ3) is 4.51. The van der Waals surface area contributed by atoms with Crippen LogP contribution in [0, 0.1) is 0 Å². The second-order valence-electron chi connectivity index (χ2n) is 3.57. The molecule has 1 aromatic rings. The summed E-state index contributed by atoms with van der Waals surface area (Å²) < 4.78 is 0.812. The summed E-state index contributed by atoms with van der Waals surface area (Å²) in [6.45, 7) is 1.89. The van der Waals surface area contributed by atoms with Crippen LogP contribution in [0.25, 0.3) is 0 Å². The molecule has 1 amide bonds. The SMILES string of the molecule is CC(O)CNC(=O)Cc1ccc(Cl)cc1Br. The number of aliphatic hydroxyl groups excluding tert-OH is 1. The van der Waals surface area contributed by atoms with E-state index in [2.05, 4.69) is 21.2 Å².